The number of hydrogen-bond acceptors (Lipinski definition) is 3. The van der Waals surface area contributed by atoms with Crippen LogP contribution in [0.2, 0.25) is 0 Å². The lowest BCUT2D eigenvalue weighted by atomic mass is 10.1. The fourth-order valence-corrected chi connectivity index (χ4v) is 1.45. The Morgan fingerprint density at radius 3 is 2.93 bits per heavy atom. The summed E-state index contributed by atoms with van der Waals surface area (Å²) in [5.74, 6) is 0. The van der Waals surface area contributed by atoms with E-state index in [0.717, 1.165) is 18.9 Å². The van der Waals surface area contributed by atoms with Crippen LogP contribution in [0.3, 0.4) is 0 Å². The molecule has 0 radical (unpaired) electrons. The highest BCUT2D eigenvalue weighted by Gasteiger charge is 2.13. The van der Waals surface area contributed by atoms with Crippen LogP contribution in [0.25, 0.3) is 0 Å². The van der Waals surface area contributed by atoms with Crippen molar-refractivity contribution in [3.8, 4) is 0 Å². The Labute approximate surface area is 83.8 Å². The van der Waals surface area contributed by atoms with Gasteiger partial charge in [0.05, 0.1) is 19.3 Å². The van der Waals surface area contributed by atoms with Crippen LogP contribution >= 0.6 is 0 Å². The third-order valence-corrected chi connectivity index (χ3v) is 2.38. The van der Waals surface area contributed by atoms with E-state index in [1.807, 2.05) is 12.1 Å². The molecule has 0 aromatic carbocycles. The van der Waals surface area contributed by atoms with Crippen LogP contribution in [0.4, 0.5) is 5.69 Å². The van der Waals surface area contributed by atoms with Crippen molar-refractivity contribution >= 4 is 5.69 Å². The monoisotopic (exact) mass is 190 g/mol. The van der Waals surface area contributed by atoms with Gasteiger partial charge in [0, 0.05) is 18.1 Å². The van der Waals surface area contributed by atoms with E-state index in [-0.39, 0.29) is 0 Å². The van der Waals surface area contributed by atoms with Crippen molar-refractivity contribution in [1.82, 2.24) is 4.98 Å². The summed E-state index contributed by atoms with van der Waals surface area (Å²) in [5, 5.41) is 3.40. The molecule has 0 bridgehead atoms. The molecule has 2 heterocycles. The smallest absolute Gasteiger partial charge is 0.0710 e. The number of anilines is 1. The first-order valence-electron chi connectivity index (χ1n) is 4.77. The van der Waals surface area contributed by atoms with Crippen LogP contribution in [-0.2, 0) is 4.74 Å². The van der Waals surface area contributed by atoms with Crippen LogP contribution in [0.1, 0.15) is 6.92 Å². The van der Waals surface area contributed by atoms with Gasteiger partial charge in [-0.25, -0.2) is 0 Å². The average Bonchev–Trinajstić information content (AvgIpc) is 2.23. The van der Waals surface area contributed by atoms with Gasteiger partial charge in [-0.05, 0) is 19.1 Å². The van der Waals surface area contributed by atoms with E-state index in [4.69, 9.17) is 4.74 Å². The van der Waals surface area contributed by atoms with Crippen LogP contribution < -0.4 is 5.32 Å². The number of rotatable bonds is 2. The number of hydrogen-bond donors (Lipinski definition) is 1. The second kappa shape index (κ2) is 4.24. The van der Waals surface area contributed by atoms with Gasteiger partial charge in [-0.15, -0.1) is 0 Å². The van der Waals surface area contributed by atoms with Crippen molar-refractivity contribution in [1.29, 1.82) is 0 Å². The Hall–Kier alpha value is -1.35. The van der Waals surface area contributed by atoms with Crippen molar-refractivity contribution in [3.05, 3.63) is 36.2 Å². The Morgan fingerprint density at radius 2 is 2.21 bits per heavy atom. The van der Waals surface area contributed by atoms with E-state index in [1.54, 1.807) is 12.4 Å². The van der Waals surface area contributed by atoms with E-state index in [1.165, 1.54) is 5.57 Å². The molecule has 0 aliphatic carbocycles. The molecule has 0 saturated carbocycles. The summed E-state index contributed by atoms with van der Waals surface area (Å²) >= 11 is 0. The zero-order valence-corrected chi connectivity index (χ0v) is 8.23. The fraction of sp³-hybridized carbons (Fsp3) is 0.364. The van der Waals surface area contributed by atoms with Crippen molar-refractivity contribution in [2.24, 2.45) is 0 Å². The molecule has 1 aliphatic heterocycles. The molecule has 14 heavy (non-hydrogen) atoms. The Morgan fingerprint density at radius 1 is 1.43 bits per heavy atom. The van der Waals surface area contributed by atoms with E-state index in [0.29, 0.717) is 6.04 Å². The highest BCUT2D eigenvalue weighted by atomic mass is 16.5. The first-order valence-corrected chi connectivity index (χ1v) is 4.77. The van der Waals surface area contributed by atoms with Gasteiger partial charge in [0.25, 0.3) is 0 Å². The van der Waals surface area contributed by atoms with E-state index in [9.17, 15) is 0 Å². The average molecular weight is 190 g/mol. The molecule has 0 saturated heterocycles. The predicted molar refractivity (Wildman–Crippen MR) is 56.2 cm³/mol. The van der Waals surface area contributed by atoms with Gasteiger partial charge in [0.15, 0.2) is 0 Å². The van der Waals surface area contributed by atoms with E-state index in [2.05, 4.69) is 23.3 Å². The maximum absolute atomic E-state index is 5.37. The molecular formula is C11H14N2O. The van der Waals surface area contributed by atoms with Crippen LogP contribution in [0, 0.1) is 0 Å². The second-order valence-corrected chi connectivity index (χ2v) is 3.42. The summed E-state index contributed by atoms with van der Waals surface area (Å²) in [6.45, 7) is 3.60. The van der Waals surface area contributed by atoms with E-state index >= 15 is 0 Å². The molecule has 0 fully saturated rings. The molecule has 74 valence electrons. The van der Waals surface area contributed by atoms with Crippen LogP contribution in [-0.4, -0.2) is 24.2 Å². The van der Waals surface area contributed by atoms with Gasteiger partial charge in [0.1, 0.15) is 0 Å². The zero-order chi connectivity index (χ0) is 9.80. The first-order chi connectivity index (χ1) is 6.86. The van der Waals surface area contributed by atoms with Crippen molar-refractivity contribution in [2.75, 3.05) is 18.5 Å². The standard InChI is InChI=1S/C11H14N2O/c1-9-4-7-14-8-11(9)13-10-2-5-12-6-3-10/h2-6,11H,7-8H2,1H3,(H,12,13). The number of aromatic nitrogens is 1. The van der Waals surface area contributed by atoms with Gasteiger partial charge in [0.2, 0.25) is 0 Å². The maximum Gasteiger partial charge on any atom is 0.0710 e. The molecule has 1 aromatic heterocycles. The molecule has 1 N–H and O–H groups in total. The molecule has 3 heteroatoms. The van der Waals surface area contributed by atoms with Crippen molar-refractivity contribution in [2.45, 2.75) is 13.0 Å². The summed E-state index contributed by atoms with van der Waals surface area (Å²) in [6.07, 6.45) is 5.68. The minimum Gasteiger partial charge on any atom is -0.376 e. The number of ether oxygens (including phenoxy) is 1. The van der Waals surface area contributed by atoms with Crippen molar-refractivity contribution < 1.29 is 4.74 Å². The lowest BCUT2D eigenvalue weighted by Crippen LogP contribution is -2.30. The number of nitrogens with one attached hydrogen (secondary N) is 1. The predicted octanol–water partition coefficient (Wildman–Crippen LogP) is 1.84. The molecule has 1 atom stereocenters. The summed E-state index contributed by atoms with van der Waals surface area (Å²) in [5.41, 5.74) is 2.43. The molecule has 1 aromatic rings. The van der Waals surface area contributed by atoms with Gasteiger partial charge in [-0.3, -0.25) is 4.98 Å². The summed E-state index contributed by atoms with van der Waals surface area (Å²) in [7, 11) is 0. The minimum atomic E-state index is 0.297. The Bertz CT molecular complexity index is 321. The van der Waals surface area contributed by atoms with Gasteiger partial charge in [-0.2, -0.15) is 0 Å². The number of pyridine rings is 1. The lowest BCUT2D eigenvalue weighted by Gasteiger charge is -2.24. The van der Waals surface area contributed by atoms with Crippen LogP contribution in [0.15, 0.2) is 36.2 Å². The van der Waals surface area contributed by atoms with Gasteiger partial charge in [-0.1, -0.05) is 11.6 Å². The molecule has 1 unspecified atom stereocenters. The number of nitrogens with zero attached hydrogens (tertiary/aromatic N) is 1. The quantitative estimate of drug-likeness (QED) is 0.722. The highest BCUT2D eigenvalue weighted by Crippen LogP contribution is 2.14. The van der Waals surface area contributed by atoms with Crippen LogP contribution in [0.5, 0.6) is 0 Å². The van der Waals surface area contributed by atoms with Crippen molar-refractivity contribution in [3.63, 3.8) is 0 Å². The van der Waals surface area contributed by atoms with Gasteiger partial charge >= 0.3 is 0 Å². The molecule has 1 aliphatic rings. The topological polar surface area (TPSA) is 34.1 Å². The molecule has 2 rings (SSSR count). The third-order valence-electron chi connectivity index (χ3n) is 2.38. The Balaban J connectivity index is 2.04. The third kappa shape index (κ3) is 2.12. The summed E-state index contributed by atoms with van der Waals surface area (Å²) in [4.78, 5) is 3.97. The maximum atomic E-state index is 5.37. The first kappa shape index (κ1) is 9.21. The minimum absolute atomic E-state index is 0.297. The SMILES string of the molecule is CC1=CCOCC1Nc1ccncc1. The zero-order valence-electron chi connectivity index (χ0n) is 8.23. The molecule has 0 spiro atoms. The lowest BCUT2D eigenvalue weighted by molar-refractivity contribution is 0.147. The molecular weight excluding hydrogens is 176 g/mol. The normalized spacial score (nSPS) is 21.5. The molecule has 3 nitrogen and oxygen atoms in total. The summed E-state index contributed by atoms with van der Waals surface area (Å²) < 4.78 is 5.37. The molecule has 0 amide bonds. The fourth-order valence-electron chi connectivity index (χ4n) is 1.45. The Kier molecular flexibility index (Phi) is 2.79. The van der Waals surface area contributed by atoms with Gasteiger partial charge < -0.3 is 10.1 Å². The largest absolute Gasteiger partial charge is 0.376 e. The highest BCUT2D eigenvalue weighted by molar-refractivity contribution is 5.44. The second-order valence-electron chi connectivity index (χ2n) is 3.42. The van der Waals surface area contributed by atoms with E-state index < -0.39 is 0 Å². The summed E-state index contributed by atoms with van der Waals surface area (Å²) in [6, 6.07) is 4.22.